The number of rotatable bonds is 8. The molecule has 0 saturated carbocycles. The van der Waals surface area contributed by atoms with Gasteiger partial charge in [0.15, 0.2) is 10.1 Å². The number of hydrogen-bond acceptors (Lipinski definition) is 7. The number of amides is 1. The number of aromatic nitrogens is 2. The molecule has 2 aromatic carbocycles. The molecule has 1 aromatic heterocycles. The fourth-order valence-corrected chi connectivity index (χ4v) is 4.39. The topological polar surface area (TPSA) is 81.2 Å². The molecule has 0 aliphatic rings. The molecule has 1 heterocycles. The van der Waals surface area contributed by atoms with E-state index in [2.05, 4.69) is 15.5 Å². The van der Waals surface area contributed by atoms with Crippen molar-refractivity contribution in [1.29, 1.82) is 0 Å². The van der Waals surface area contributed by atoms with Crippen LogP contribution in [0.5, 0.6) is 5.75 Å². The maximum Gasteiger partial charge on any atom is 0.230 e. The second kappa shape index (κ2) is 9.67. The number of ketones is 1. The molecular weight excluding hydrogens is 406 g/mol. The SMILES string of the molecule is COc1ccc(CC(=O)Nc2nnc(SCC(=O)c3ccc(C)cc3C)s2)cc1. The Labute approximate surface area is 177 Å². The van der Waals surface area contributed by atoms with E-state index in [9.17, 15) is 9.59 Å². The van der Waals surface area contributed by atoms with Gasteiger partial charge < -0.3 is 10.1 Å². The summed E-state index contributed by atoms with van der Waals surface area (Å²) in [7, 11) is 1.60. The highest BCUT2D eigenvalue weighted by Gasteiger charge is 2.13. The van der Waals surface area contributed by atoms with Crippen LogP contribution in [0.2, 0.25) is 0 Å². The molecule has 6 nitrogen and oxygen atoms in total. The van der Waals surface area contributed by atoms with E-state index in [0.29, 0.717) is 9.47 Å². The number of aryl methyl sites for hydroxylation is 2. The zero-order chi connectivity index (χ0) is 20.8. The van der Waals surface area contributed by atoms with E-state index in [-0.39, 0.29) is 23.9 Å². The van der Waals surface area contributed by atoms with Crippen LogP contribution in [0, 0.1) is 13.8 Å². The molecule has 0 bridgehead atoms. The van der Waals surface area contributed by atoms with Crippen molar-refractivity contribution in [2.45, 2.75) is 24.6 Å². The number of Topliss-reactive ketones (excluding diaryl/α,β-unsaturated/α-hetero) is 1. The van der Waals surface area contributed by atoms with Gasteiger partial charge >= 0.3 is 0 Å². The lowest BCUT2D eigenvalue weighted by Crippen LogP contribution is -2.14. The van der Waals surface area contributed by atoms with Crippen LogP contribution in [0.3, 0.4) is 0 Å². The highest BCUT2D eigenvalue weighted by Crippen LogP contribution is 2.26. The lowest BCUT2D eigenvalue weighted by molar-refractivity contribution is -0.115. The van der Waals surface area contributed by atoms with E-state index >= 15 is 0 Å². The Kier molecular flexibility index (Phi) is 7.00. The van der Waals surface area contributed by atoms with Gasteiger partial charge in [-0.25, -0.2) is 0 Å². The zero-order valence-electron chi connectivity index (χ0n) is 16.4. The summed E-state index contributed by atoms with van der Waals surface area (Å²) in [5.74, 6) is 0.899. The standard InChI is InChI=1S/C21H21N3O3S2/c1-13-4-9-17(14(2)10-13)18(25)12-28-21-24-23-20(29-21)22-19(26)11-15-5-7-16(27-3)8-6-15/h4-10H,11-12H2,1-3H3,(H,22,23,26). The molecule has 0 fully saturated rings. The quantitative estimate of drug-likeness (QED) is 0.328. The van der Waals surface area contributed by atoms with Crippen molar-refractivity contribution >= 4 is 39.9 Å². The highest BCUT2D eigenvalue weighted by molar-refractivity contribution is 8.01. The van der Waals surface area contributed by atoms with E-state index in [4.69, 9.17) is 4.74 Å². The first-order valence-electron chi connectivity index (χ1n) is 8.94. The van der Waals surface area contributed by atoms with Gasteiger partial charge in [0.05, 0.1) is 19.3 Å². The molecular formula is C21H21N3O3S2. The van der Waals surface area contributed by atoms with Gasteiger partial charge in [0, 0.05) is 5.56 Å². The minimum atomic E-state index is -0.172. The predicted molar refractivity (Wildman–Crippen MR) is 116 cm³/mol. The average molecular weight is 428 g/mol. The Balaban J connectivity index is 1.52. The maximum atomic E-state index is 12.4. The third-order valence-electron chi connectivity index (χ3n) is 4.19. The molecule has 0 aliphatic heterocycles. The maximum absolute atomic E-state index is 12.4. The van der Waals surface area contributed by atoms with Crippen molar-refractivity contribution in [2.24, 2.45) is 0 Å². The van der Waals surface area contributed by atoms with Crippen molar-refractivity contribution < 1.29 is 14.3 Å². The summed E-state index contributed by atoms with van der Waals surface area (Å²) in [6.45, 7) is 3.94. The molecule has 3 aromatic rings. The Morgan fingerprint density at radius 1 is 1.10 bits per heavy atom. The Hall–Kier alpha value is -2.71. The average Bonchev–Trinajstić information content (AvgIpc) is 3.14. The monoisotopic (exact) mass is 427 g/mol. The molecule has 0 radical (unpaired) electrons. The summed E-state index contributed by atoms with van der Waals surface area (Å²) in [5.41, 5.74) is 3.70. The van der Waals surface area contributed by atoms with Crippen molar-refractivity contribution in [3.63, 3.8) is 0 Å². The summed E-state index contributed by atoms with van der Waals surface area (Å²) in [6.07, 6.45) is 0.233. The van der Waals surface area contributed by atoms with Gasteiger partial charge in [0.2, 0.25) is 11.0 Å². The molecule has 150 valence electrons. The minimum absolute atomic E-state index is 0.0489. The molecule has 0 spiro atoms. The summed E-state index contributed by atoms with van der Waals surface area (Å²) < 4.78 is 5.75. The smallest absolute Gasteiger partial charge is 0.230 e. The summed E-state index contributed by atoms with van der Waals surface area (Å²) >= 11 is 2.58. The Morgan fingerprint density at radius 3 is 2.55 bits per heavy atom. The molecule has 1 amide bonds. The third-order valence-corrected chi connectivity index (χ3v) is 6.16. The minimum Gasteiger partial charge on any atom is -0.497 e. The van der Waals surface area contributed by atoms with Gasteiger partial charge in [0.25, 0.3) is 0 Å². The van der Waals surface area contributed by atoms with Crippen molar-refractivity contribution in [1.82, 2.24) is 10.2 Å². The molecule has 1 N–H and O–H groups in total. The fraction of sp³-hybridized carbons (Fsp3) is 0.238. The lowest BCUT2D eigenvalue weighted by Gasteiger charge is -2.05. The number of ether oxygens (including phenoxy) is 1. The Morgan fingerprint density at radius 2 is 1.86 bits per heavy atom. The number of carbonyl (C=O) groups excluding carboxylic acids is 2. The largest absolute Gasteiger partial charge is 0.497 e. The second-order valence-electron chi connectivity index (χ2n) is 6.48. The van der Waals surface area contributed by atoms with Crippen LogP contribution < -0.4 is 10.1 Å². The van der Waals surface area contributed by atoms with Gasteiger partial charge in [0.1, 0.15) is 5.75 Å². The van der Waals surface area contributed by atoms with E-state index in [1.807, 2.05) is 56.3 Å². The van der Waals surface area contributed by atoms with E-state index < -0.39 is 0 Å². The molecule has 3 rings (SSSR count). The van der Waals surface area contributed by atoms with E-state index in [1.165, 1.54) is 23.1 Å². The van der Waals surface area contributed by atoms with Crippen molar-refractivity contribution in [3.8, 4) is 5.75 Å². The number of methoxy groups -OCH3 is 1. The van der Waals surface area contributed by atoms with Crippen LogP contribution in [0.4, 0.5) is 5.13 Å². The molecule has 0 unspecified atom stereocenters. The molecule has 29 heavy (non-hydrogen) atoms. The van der Waals surface area contributed by atoms with Gasteiger partial charge in [-0.2, -0.15) is 0 Å². The first kappa shape index (κ1) is 21.0. The van der Waals surface area contributed by atoms with Gasteiger partial charge in [-0.15, -0.1) is 10.2 Å². The molecule has 0 atom stereocenters. The van der Waals surface area contributed by atoms with Gasteiger partial charge in [-0.3, -0.25) is 9.59 Å². The number of hydrogen-bond donors (Lipinski definition) is 1. The number of nitrogens with one attached hydrogen (secondary N) is 1. The normalized spacial score (nSPS) is 10.6. The third kappa shape index (κ3) is 5.88. The molecule has 8 heteroatoms. The number of thioether (sulfide) groups is 1. The first-order valence-corrected chi connectivity index (χ1v) is 10.7. The van der Waals surface area contributed by atoms with Gasteiger partial charge in [-0.1, -0.05) is 59.0 Å². The lowest BCUT2D eigenvalue weighted by atomic mass is 10.0. The van der Waals surface area contributed by atoms with Crippen LogP contribution in [0.25, 0.3) is 0 Å². The highest BCUT2D eigenvalue weighted by atomic mass is 32.2. The second-order valence-corrected chi connectivity index (χ2v) is 8.68. The van der Waals surface area contributed by atoms with Crippen molar-refractivity contribution in [3.05, 3.63) is 64.7 Å². The predicted octanol–water partition coefficient (Wildman–Crippen LogP) is 4.32. The number of nitrogens with zero attached hydrogens (tertiary/aromatic N) is 2. The summed E-state index contributed by atoms with van der Waals surface area (Å²) in [4.78, 5) is 24.6. The number of carbonyl (C=O) groups is 2. The summed E-state index contributed by atoms with van der Waals surface area (Å²) in [5, 5.41) is 11.2. The Bertz CT molecular complexity index is 1020. The van der Waals surface area contributed by atoms with Crippen LogP contribution in [-0.2, 0) is 11.2 Å². The van der Waals surface area contributed by atoms with Gasteiger partial charge in [-0.05, 0) is 37.1 Å². The molecule has 0 saturated heterocycles. The van der Waals surface area contributed by atoms with Crippen LogP contribution in [0.15, 0.2) is 46.8 Å². The van der Waals surface area contributed by atoms with Crippen LogP contribution in [0.1, 0.15) is 27.0 Å². The number of benzene rings is 2. The van der Waals surface area contributed by atoms with E-state index in [1.54, 1.807) is 7.11 Å². The molecule has 0 aliphatic carbocycles. The van der Waals surface area contributed by atoms with Crippen LogP contribution >= 0.6 is 23.1 Å². The van der Waals surface area contributed by atoms with E-state index in [0.717, 1.165) is 28.0 Å². The summed E-state index contributed by atoms with van der Waals surface area (Å²) in [6, 6.07) is 13.1. The fourth-order valence-electron chi connectivity index (χ4n) is 2.74. The van der Waals surface area contributed by atoms with Crippen molar-refractivity contribution in [2.75, 3.05) is 18.2 Å². The zero-order valence-corrected chi connectivity index (χ0v) is 18.0. The number of anilines is 1. The first-order chi connectivity index (χ1) is 13.9. The van der Waals surface area contributed by atoms with Crippen LogP contribution in [-0.4, -0.2) is 34.8 Å².